The summed E-state index contributed by atoms with van der Waals surface area (Å²) in [7, 11) is 5.79. The van der Waals surface area contributed by atoms with E-state index in [9.17, 15) is 0 Å². The summed E-state index contributed by atoms with van der Waals surface area (Å²) < 4.78 is 5.50. The van der Waals surface area contributed by atoms with Crippen LogP contribution in [0.3, 0.4) is 0 Å². The van der Waals surface area contributed by atoms with Gasteiger partial charge in [-0.05, 0) is 30.9 Å². The Bertz CT molecular complexity index is 537. The molecule has 0 amide bonds. The molecule has 0 aliphatic heterocycles. The van der Waals surface area contributed by atoms with Crippen molar-refractivity contribution in [3.63, 3.8) is 0 Å². The number of hydrogen-bond acceptors (Lipinski definition) is 3. The minimum atomic E-state index is 0.158. The molecule has 0 aliphatic rings. The second-order valence-corrected chi connectivity index (χ2v) is 4.62. The van der Waals surface area contributed by atoms with Gasteiger partial charge in [0.25, 0.3) is 0 Å². The van der Waals surface area contributed by atoms with Crippen molar-refractivity contribution in [2.75, 3.05) is 27.7 Å². The summed E-state index contributed by atoms with van der Waals surface area (Å²) >= 11 is 0. The third-order valence-corrected chi connectivity index (χ3v) is 3.33. The highest BCUT2D eigenvalue weighted by atomic mass is 16.5. The summed E-state index contributed by atoms with van der Waals surface area (Å²) in [4.78, 5) is 2.13. The van der Waals surface area contributed by atoms with Crippen molar-refractivity contribution in [3.8, 4) is 5.75 Å². The van der Waals surface area contributed by atoms with Gasteiger partial charge in [0.2, 0.25) is 0 Å². The summed E-state index contributed by atoms with van der Waals surface area (Å²) in [6.07, 6.45) is 0. The number of likely N-dealkylation sites (N-methyl/N-ethyl adjacent to an activating group) is 1. The fraction of sp³-hybridized carbons (Fsp3) is 0.333. The van der Waals surface area contributed by atoms with Gasteiger partial charge in [-0.3, -0.25) is 0 Å². The number of hydrogen-bond donors (Lipinski definition) is 1. The maximum Gasteiger partial charge on any atom is 0.124 e. The van der Waals surface area contributed by atoms with Crippen molar-refractivity contribution < 1.29 is 4.74 Å². The van der Waals surface area contributed by atoms with E-state index in [1.807, 2.05) is 26.2 Å². The molecule has 0 radical (unpaired) electrons. The average molecular weight is 244 g/mol. The Hall–Kier alpha value is -1.58. The van der Waals surface area contributed by atoms with Gasteiger partial charge in [-0.25, -0.2) is 0 Å². The lowest BCUT2D eigenvalue weighted by Crippen LogP contribution is -2.27. The lowest BCUT2D eigenvalue weighted by atomic mass is 9.97. The first-order valence-electron chi connectivity index (χ1n) is 6.11. The standard InChI is InChI=1S/C15H20N2O/c1-17(2)13(10-16)15-12-7-5-4-6-11(12)8-9-14(15)18-3/h4-9,13H,10,16H2,1-3H3. The van der Waals surface area contributed by atoms with Crippen LogP contribution in [0.5, 0.6) is 5.75 Å². The van der Waals surface area contributed by atoms with Crippen molar-refractivity contribution in [2.45, 2.75) is 6.04 Å². The van der Waals surface area contributed by atoms with Crippen molar-refractivity contribution in [1.82, 2.24) is 4.90 Å². The van der Waals surface area contributed by atoms with E-state index in [1.165, 1.54) is 16.3 Å². The highest BCUT2D eigenvalue weighted by molar-refractivity contribution is 5.88. The van der Waals surface area contributed by atoms with Crippen LogP contribution in [0.15, 0.2) is 36.4 Å². The smallest absolute Gasteiger partial charge is 0.124 e. The molecule has 18 heavy (non-hydrogen) atoms. The zero-order chi connectivity index (χ0) is 13.1. The maximum atomic E-state index is 5.92. The molecule has 1 unspecified atom stereocenters. The predicted molar refractivity (Wildman–Crippen MR) is 76.0 cm³/mol. The van der Waals surface area contributed by atoms with Gasteiger partial charge in [-0.1, -0.05) is 30.3 Å². The monoisotopic (exact) mass is 244 g/mol. The minimum absolute atomic E-state index is 0.158. The molecule has 96 valence electrons. The van der Waals surface area contributed by atoms with Gasteiger partial charge in [0, 0.05) is 12.1 Å². The third kappa shape index (κ3) is 2.19. The second-order valence-electron chi connectivity index (χ2n) is 4.62. The number of nitrogens with two attached hydrogens (primary N) is 1. The summed E-state index contributed by atoms with van der Waals surface area (Å²) in [5.41, 5.74) is 7.09. The molecule has 2 N–H and O–H groups in total. The quantitative estimate of drug-likeness (QED) is 0.897. The zero-order valence-corrected chi connectivity index (χ0v) is 11.2. The van der Waals surface area contributed by atoms with Crippen molar-refractivity contribution in [2.24, 2.45) is 5.73 Å². The van der Waals surface area contributed by atoms with Gasteiger partial charge >= 0.3 is 0 Å². The number of methoxy groups -OCH3 is 1. The van der Waals surface area contributed by atoms with E-state index < -0.39 is 0 Å². The van der Waals surface area contributed by atoms with E-state index in [0.29, 0.717) is 6.54 Å². The zero-order valence-electron chi connectivity index (χ0n) is 11.2. The first-order valence-corrected chi connectivity index (χ1v) is 6.11. The van der Waals surface area contributed by atoms with Gasteiger partial charge < -0.3 is 15.4 Å². The molecule has 2 aromatic rings. The Kier molecular flexibility index (Phi) is 3.84. The number of rotatable bonds is 4. The van der Waals surface area contributed by atoms with Crippen LogP contribution >= 0.6 is 0 Å². The maximum absolute atomic E-state index is 5.92. The van der Waals surface area contributed by atoms with Crippen LogP contribution in [0.1, 0.15) is 11.6 Å². The molecule has 0 heterocycles. The molecular formula is C15H20N2O. The number of nitrogens with zero attached hydrogens (tertiary/aromatic N) is 1. The van der Waals surface area contributed by atoms with E-state index in [0.717, 1.165) is 5.75 Å². The van der Waals surface area contributed by atoms with Gasteiger partial charge in [0.15, 0.2) is 0 Å². The fourth-order valence-corrected chi connectivity index (χ4v) is 2.38. The number of ether oxygens (including phenoxy) is 1. The average Bonchev–Trinajstić information content (AvgIpc) is 2.39. The van der Waals surface area contributed by atoms with Crippen LogP contribution in [0.25, 0.3) is 10.8 Å². The molecular weight excluding hydrogens is 224 g/mol. The lowest BCUT2D eigenvalue weighted by molar-refractivity contribution is 0.297. The van der Waals surface area contributed by atoms with Crippen molar-refractivity contribution in [1.29, 1.82) is 0 Å². The van der Waals surface area contributed by atoms with Gasteiger partial charge in [-0.2, -0.15) is 0 Å². The Morgan fingerprint density at radius 3 is 2.50 bits per heavy atom. The molecule has 1 atom stereocenters. The normalized spacial score (nSPS) is 12.9. The van der Waals surface area contributed by atoms with E-state index in [2.05, 4.69) is 29.2 Å². The van der Waals surface area contributed by atoms with Crippen LogP contribution in [0.2, 0.25) is 0 Å². The van der Waals surface area contributed by atoms with Crippen LogP contribution in [0.4, 0.5) is 0 Å². The number of fused-ring (bicyclic) bond motifs is 1. The van der Waals surface area contributed by atoms with Crippen LogP contribution in [-0.4, -0.2) is 32.6 Å². The second kappa shape index (κ2) is 5.38. The minimum Gasteiger partial charge on any atom is -0.496 e. The van der Waals surface area contributed by atoms with Crippen LogP contribution < -0.4 is 10.5 Å². The lowest BCUT2D eigenvalue weighted by Gasteiger charge is -2.26. The molecule has 0 aliphatic carbocycles. The molecule has 0 bridgehead atoms. The Balaban J connectivity index is 2.71. The molecule has 0 saturated carbocycles. The summed E-state index contributed by atoms with van der Waals surface area (Å²) in [6, 6.07) is 12.6. The summed E-state index contributed by atoms with van der Waals surface area (Å²) in [5.74, 6) is 0.901. The fourth-order valence-electron chi connectivity index (χ4n) is 2.38. The third-order valence-electron chi connectivity index (χ3n) is 3.33. The highest BCUT2D eigenvalue weighted by Crippen LogP contribution is 2.34. The Morgan fingerprint density at radius 1 is 1.17 bits per heavy atom. The molecule has 2 rings (SSSR count). The number of benzene rings is 2. The largest absolute Gasteiger partial charge is 0.496 e. The topological polar surface area (TPSA) is 38.5 Å². The first kappa shape index (κ1) is 12.9. The summed E-state index contributed by atoms with van der Waals surface area (Å²) in [6.45, 7) is 0.567. The van der Waals surface area contributed by atoms with Crippen LogP contribution in [0, 0.1) is 0 Å². The highest BCUT2D eigenvalue weighted by Gasteiger charge is 2.19. The van der Waals surface area contributed by atoms with Gasteiger partial charge in [-0.15, -0.1) is 0 Å². The summed E-state index contributed by atoms with van der Waals surface area (Å²) in [5, 5.41) is 2.43. The molecule has 3 nitrogen and oxygen atoms in total. The molecule has 0 saturated heterocycles. The van der Waals surface area contributed by atoms with Crippen molar-refractivity contribution >= 4 is 10.8 Å². The Morgan fingerprint density at radius 2 is 1.89 bits per heavy atom. The Labute approximate surface area is 108 Å². The van der Waals surface area contributed by atoms with E-state index >= 15 is 0 Å². The first-order chi connectivity index (χ1) is 8.69. The molecule has 0 fully saturated rings. The van der Waals surface area contributed by atoms with Crippen molar-refractivity contribution in [3.05, 3.63) is 42.0 Å². The van der Waals surface area contributed by atoms with E-state index in [-0.39, 0.29) is 6.04 Å². The van der Waals surface area contributed by atoms with E-state index in [4.69, 9.17) is 10.5 Å². The molecule has 0 aromatic heterocycles. The predicted octanol–water partition coefficient (Wildman–Crippen LogP) is 2.41. The SMILES string of the molecule is COc1ccc2ccccc2c1C(CN)N(C)C. The van der Waals surface area contributed by atoms with Crippen LogP contribution in [-0.2, 0) is 0 Å². The molecule has 3 heteroatoms. The van der Waals surface area contributed by atoms with Gasteiger partial charge in [0.1, 0.15) is 5.75 Å². The van der Waals surface area contributed by atoms with Gasteiger partial charge in [0.05, 0.1) is 13.2 Å². The molecule has 2 aromatic carbocycles. The molecule has 0 spiro atoms. The van der Waals surface area contributed by atoms with E-state index in [1.54, 1.807) is 7.11 Å².